The molecule has 0 spiro atoms. The van der Waals surface area contributed by atoms with Crippen molar-refractivity contribution in [3.8, 4) is 0 Å². The highest BCUT2D eigenvalue weighted by Gasteiger charge is 2.22. The standard InChI is InChI=1S/C19H17BrN2O4S/c20-18-9-8-16(27(21,24)25)11-17(18)19(23)22(13-15-7-4-10-26-15)12-14-5-2-1-3-6-14/h1-11H,12-13H2,(H2,21,24,25). The molecule has 1 amide bonds. The number of nitrogens with two attached hydrogens (primary N) is 1. The second-order valence-corrected chi connectivity index (χ2v) is 8.33. The summed E-state index contributed by atoms with van der Waals surface area (Å²) in [6.07, 6.45) is 1.54. The average molecular weight is 449 g/mol. The first-order valence-corrected chi connectivity index (χ1v) is 10.4. The highest BCUT2D eigenvalue weighted by molar-refractivity contribution is 9.10. The van der Waals surface area contributed by atoms with Gasteiger partial charge >= 0.3 is 0 Å². The van der Waals surface area contributed by atoms with E-state index in [9.17, 15) is 13.2 Å². The normalized spacial score (nSPS) is 11.3. The Labute approximate surface area is 165 Å². The van der Waals surface area contributed by atoms with Crippen molar-refractivity contribution in [2.45, 2.75) is 18.0 Å². The molecule has 0 radical (unpaired) electrons. The molecule has 2 N–H and O–H groups in total. The Kier molecular flexibility index (Phi) is 5.79. The van der Waals surface area contributed by atoms with Crippen molar-refractivity contribution in [1.82, 2.24) is 4.90 Å². The SMILES string of the molecule is NS(=O)(=O)c1ccc(Br)c(C(=O)N(Cc2ccccc2)Cc2ccco2)c1. The van der Waals surface area contributed by atoms with Crippen molar-refractivity contribution in [2.24, 2.45) is 5.14 Å². The van der Waals surface area contributed by atoms with Crippen LogP contribution in [-0.2, 0) is 23.1 Å². The number of furan rings is 1. The minimum Gasteiger partial charge on any atom is -0.467 e. The van der Waals surface area contributed by atoms with E-state index in [4.69, 9.17) is 9.56 Å². The minimum atomic E-state index is -3.92. The number of carbonyl (C=O) groups is 1. The number of benzene rings is 2. The van der Waals surface area contributed by atoms with E-state index in [1.165, 1.54) is 24.5 Å². The molecule has 1 heterocycles. The molecule has 27 heavy (non-hydrogen) atoms. The maximum Gasteiger partial charge on any atom is 0.255 e. The maximum absolute atomic E-state index is 13.2. The number of halogens is 1. The average Bonchev–Trinajstić information content (AvgIpc) is 3.14. The molecular weight excluding hydrogens is 432 g/mol. The van der Waals surface area contributed by atoms with E-state index in [1.807, 2.05) is 30.3 Å². The van der Waals surface area contributed by atoms with E-state index >= 15 is 0 Å². The lowest BCUT2D eigenvalue weighted by molar-refractivity contribution is 0.0716. The van der Waals surface area contributed by atoms with Gasteiger partial charge in [0.1, 0.15) is 5.76 Å². The monoisotopic (exact) mass is 448 g/mol. The van der Waals surface area contributed by atoms with E-state index in [-0.39, 0.29) is 22.9 Å². The molecule has 6 nitrogen and oxygen atoms in total. The molecule has 0 unspecified atom stereocenters. The fraction of sp³-hybridized carbons (Fsp3) is 0.105. The molecule has 2 aromatic carbocycles. The fourth-order valence-electron chi connectivity index (χ4n) is 2.61. The molecular formula is C19H17BrN2O4S. The van der Waals surface area contributed by atoms with Crippen molar-refractivity contribution in [2.75, 3.05) is 0 Å². The number of sulfonamides is 1. The lowest BCUT2D eigenvalue weighted by Gasteiger charge is -2.23. The van der Waals surface area contributed by atoms with Gasteiger partial charge in [0, 0.05) is 11.0 Å². The fourth-order valence-corrected chi connectivity index (χ4v) is 3.57. The van der Waals surface area contributed by atoms with Gasteiger partial charge in [0.2, 0.25) is 10.0 Å². The van der Waals surface area contributed by atoms with Crippen molar-refractivity contribution in [3.05, 3.63) is 88.3 Å². The van der Waals surface area contributed by atoms with Crippen molar-refractivity contribution in [1.29, 1.82) is 0 Å². The minimum absolute atomic E-state index is 0.119. The Morgan fingerprint density at radius 3 is 2.41 bits per heavy atom. The van der Waals surface area contributed by atoms with Crippen LogP contribution in [0.5, 0.6) is 0 Å². The number of amides is 1. The highest BCUT2D eigenvalue weighted by Crippen LogP contribution is 2.24. The van der Waals surface area contributed by atoms with Crippen molar-refractivity contribution < 1.29 is 17.6 Å². The first-order valence-electron chi connectivity index (χ1n) is 8.02. The van der Waals surface area contributed by atoms with Gasteiger partial charge in [0.15, 0.2) is 0 Å². The molecule has 1 aromatic heterocycles. The number of hydrogen-bond donors (Lipinski definition) is 1. The summed E-state index contributed by atoms with van der Waals surface area (Å²) < 4.78 is 29.2. The Balaban J connectivity index is 1.97. The first kappa shape index (κ1) is 19.3. The first-order chi connectivity index (χ1) is 12.8. The van der Waals surface area contributed by atoms with Gasteiger partial charge in [-0.2, -0.15) is 0 Å². The lowest BCUT2D eigenvalue weighted by atomic mass is 10.1. The van der Waals surface area contributed by atoms with Crippen LogP contribution in [0.25, 0.3) is 0 Å². The van der Waals surface area contributed by atoms with Gasteiger partial charge < -0.3 is 9.32 Å². The van der Waals surface area contributed by atoms with Gasteiger partial charge in [-0.1, -0.05) is 30.3 Å². The summed E-state index contributed by atoms with van der Waals surface area (Å²) in [7, 11) is -3.92. The van der Waals surface area contributed by atoms with Crippen LogP contribution in [0.3, 0.4) is 0 Å². The Hall–Kier alpha value is -2.42. The van der Waals surface area contributed by atoms with E-state index in [0.29, 0.717) is 16.8 Å². The van der Waals surface area contributed by atoms with Crippen LogP contribution in [0, 0.1) is 0 Å². The quantitative estimate of drug-likeness (QED) is 0.623. The second-order valence-electron chi connectivity index (χ2n) is 5.91. The Bertz CT molecular complexity index is 1030. The highest BCUT2D eigenvalue weighted by atomic mass is 79.9. The number of primary sulfonamides is 1. The van der Waals surface area contributed by atoms with Crippen LogP contribution in [0.2, 0.25) is 0 Å². The molecule has 3 aromatic rings. The molecule has 0 aliphatic heterocycles. The number of nitrogens with zero attached hydrogens (tertiary/aromatic N) is 1. The summed E-state index contributed by atoms with van der Waals surface area (Å²) in [5.41, 5.74) is 1.15. The van der Waals surface area contributed by atoms with Crippen molar-refractivity contribution in [3.63, 3.8) is 0 Å². The van der Waals surface area contributed by atoms with E-state index in [1.54, 1.807) is 17.0 Å². The molecule has 0 aliphatic carbocycles. The van der Waals surface area contributed by atoms with Gasteiger partial charge in [0.25, 0.3) is 5.91 Å². The summed E-state index contributed by atoms with van der Waals surface area (Å²) in [5, 5.41) is 5.20. The summed E-state index contributed by atoms with van der Waals surface area (Å²) in [6.45, 7) is 0.583. The second kappa shape index (κ2) is 8.08. The largest absolute Gasteiger partial charge is 0.467 e. The van der Waals surface area contributed by atoms with Gasteiger partial charge in [0.05, 0.1) is 23.3 Å². The zero-order valence-corrected chi connectivity index (χ0v) is 16.6. The predicted octanol–water partition coefficient (Wildman–Crippen LogP) is 3.53. The molecule has 0 aliphatic rings. The summed E-state index contributed by atoms with van der Waals surface area (Å²) >= 11 is 3.32. The maximum atomic E-state index is 13.2. The molecule has 0 fully saturated rings. The Morgan fingerprint density at radius 2 is 1.78 bits per heavy atom. The van der Waals surface area contributed by atoms with Crippen LogP contribution < -0.4 is 5.14 Å². The summed E-state index contributed by atoms with van der Waals surface area (Å²) in [6, 6.07) is 17.2. The Morgan fingerprint density at radius 1 is 1.04 bits per heavy atom. The smallest absolute Gasteiger partial charge is 0.255 e. The third-order valence-corrected chi connectivity index (χ3v) is 5.53. The van der Waals surface area contributed by atoms with E-state index in [2.05, 4.69) is 15.9 Å². The molecule has 3 rings (SSSR count). The third kappa shape index (κ3) is 4.85. The van der Waals surface area contributed by atoms with Gasteiger partial charge in [-0.25, -0.2) is 13.6 Å². The van der Waals surface area contributed by atoms with Gasteiger partial charge in [-0.3, -0.25) is 4.79 Å². The zero-order valence-electron chi connectivity index (χ0n) is 14.2. The van der Waals surface area contributed by atoms with Crippen LogP contribution in [0.4, 0.5) is 0 Å². The predicted molar refractivity (Wildman–Crippen MR) is 104 cm³/mol. The van der Waals surface area contributed by atoms with Crippen LogP contribution >= 0.6 is 15.9 Å². The molecule has 8 heteroatoms. The number of carbonyl (C=O) groups excluding carboxylic acids is 1. The molecule has 0 saturated heterocycles. The number of rotatable bonds is 6. The summed E-state index contributed by atoms with van der Waals surface area (Å²) in [4.78, 5) is 14.7. The van der Waals surface area contributed by atoms with E-state index < -0.39 is 10.0 Å². The van der Waals surface area contributed by atoms with Gasteiger partial charge in [-0.05, 0) is 51.8 Å². The molecule has 140 valence electrons. The van der Waals surface area contributed by atoms with E-state index in [0.717, 1.165) is 5.56 Å². The zero-order chi connectivity index (χ0) is 19.4. The number of hydrogen-bond acceptors (Lipinski definition) is 4. The molecule has 0 atom stereocenters. The molecule has 0 bridgehead atoms. The topological polar surface area (TPSA) is 93.6 Å². The summed E-state index contributed by atoms with van der Waals surface area (Å²) in [5.74, 6) is 0.283. The third-order valence-electron chi connectivity index (χ3n) is 3.93. The lowest BCUT2D eigenvalue weighted by Crippen LogP contribution is -2.30. The van der Waals surface area contributed by atoms with Crippen LogP contribution in [-0.4, -0.2) is 19.2 Å². The van der Waals surface area contributed by atoms with Gasteiger partial charge in [-0.15, -0.1) is 0 Å². The molecule has 0 saturated carbocycles. The van der Waals surface area contributed by atoms with Crippen molar-refractivity contribution >= 4 is 31.9 Å². The van der Waals surface area contributed by atoms with Crippen LogP contribution in [0.1, 0.15) is 21.7 Å². The van der Waals surface area contributed by atoms with Crippen LogP contribution in [0.15, 0.2) is 80.7 Å².